The molecule has 0 N–H and O–H groups in total. The second-order valence-electron chi connectivity index (χ2n) is 3.00. The number of ether oxygens (including phenoxy) is 1. The zero-order valence-electron chi connectivity index (χ0n) is 7.06. The molecule has 2 heteroatoms. The Hall–Kier alpha value is 0.440. The molecule has 0 bridgehead atoms. The molecule has 0 aliphatic heterocycles. The molecule has 0 saturated carbocycles. The van der Waals surface area contributed by atoms with E-state index in [0.717, 1.165) is 24.3 Å². The highest BCUT2D eigenvalue weighted by Crippen LogP contribution is 2.07. The fourth-order valence-electron chi connectivity index (χ4n) is 0.978. The number of halogens is 1. The second kappa shape index (κ2) is 6.17. The van der Waals surface area contributed by atoms with Gasteiger partial charge in [-0.25, -0.2) is 0 Å². The molecule has 0 aromatic rings. The van der Waals surface area contributed by atoms with Crippen molar-refractivity contribution < 1.29 is 4.74 Å². The van der Waals surface area contributed by atoms with Crippen LogP contribution in [0.5, 0.6) is 0 Å². The topological polar surface area (TPSA) is 9.23 Å². The smallest absolute Gasteiger partial charge is 0.0566 e. The van der Waals surface area contributed by atoms with Crippen molar-refractivity contribution in [3.05, 3.63) is 0 Å². The van der Waals surface area contributed by atoms with E-state index in [1.807, 2.05) is 0 Å². The lowest BCUT2D eigenvalue weighted by molar-refractivity contribution is 0.0638. The highest BCUT2D eigenvalue weighted by Gasteiger charge is 2.03. The molecule has 1 nitrogen and oxygen atoms in total. The molecule has 0 fully saturated rings. The van der Waals surface area contributed by atoms with Gasteiger partial charge in [-0.1, -0.05) is 29.8 Å². The van der Waals surface area contributed by atoms with Crippen molar-refractivity contribution in [1.82, 2.24) is 0 Å². The van der Waals surface area contributed by atoms with Gasteiger partial charge in [-0.15, -0.1) is 0 Å². The maximum Gasteiger partial charge on any atom is 0.0566 e. The quantitative estimate of drug-likeness (QED) is 0.632. The Bertz CT molecular complexity index is 73.7. The van der Waals surface area contributed by atoms with E-state index in [4.69, 9.17) is 4.74 Å². The number of rotatable bonds is 5. The molecule has 0 amide bonds. The lowest BCUT2D eigenvalue weighted by Crippen LogP contribution is -2.12. The van der Waals surface area contributed by atoms with Crippen molar-refractivity contribution in [2.75, 3.05) is 11.9 Å². The number of hydrogen-bond acceptors (Lipinski definition) is 1. The standard InChI is InChI=1S/C8H17BrO/c1-7(2)6-8(3)10-5-4-9/h7-8H,4-6H2,1-3H3. The van der Waals surface area contributed by atoms with E-state index in [2.05, 4.69) is 36.7 Å². The van der Waals surface area contributed by atoms with E-state index in [9.17, 15) is 0 Å². The largest absolute Gasteiger partial charge is 0.378 e. The van der Waals surface area contributed by atoms with Gasteiger partial charge in [0.05, 0.1) is 12.7 Å². The summed E-state index contributed by atoms with van der Waals surface area (Å²) in [4.78, 5) is 0. The molecule has 62 valence electrons. The van der Waals surface area contributed by atoms with Gasteiger partial charge in [0.2, 0.25) is 0 Å². The molecule has 0 saturated heterocycles. The Morgan fingerprint density at radius 2 is 1.90 bits per heavy atom. The van der Waals surface area contributed by atoms with Crippen LogP contribution in [0.1, 0.15) is 27.2 Å². The van der Waals surface area contributed by atoms with Crippen molar-refractivity contribution in [2.24, 2.45) is 5.92 Å². The predicted octanol–water partition coefficient (Wildman–Crippen LogP) is 2.83. The van der Waals surface area contributed by atoms with Crippen molar-refractivity contribution in [2.45, 2.75) is 33.3 Å². The second-order valence-corrected chi connectivity index (χ2v) is 3.79. The van der Waals surface area contributed by atoms with Crippen LogP contribution in [0.3, 0.4) is 0 Å². The van der Waals surface area contributed by atoms with Crippen molar-refractivity contribution in [3.63, 3.8) is 0 Å². The average Bonchev–Trinajstić information content (AvgIpc) is 1.82. The first-order valence-electron chi connectivity index (χ1n) is 3.84. The summed E-state index contributed by atoms with van der Waals surface area (Å²) < 4.78 is 5.46. The van der Waals surface area contributed by atoms with E-state index in [1.54, 1.807) is 0 Å². The molecular formula is C8H17BrO. The fraction of sp³-hybridized carbons (Fsp3) is 1.00. The lowest BCUT2D eigenvalue weighted by atomic mass is 10.1. The average molecular weight is 209 g/mol. The monoisotopic (exact) mass is 208 g/mol. The van der Waals surface area contributed by atoms with Crippen LogP contribution in [-0.4, -0.2) is 18.0 Å². The molecule has 0 rings (SSSR count). The Balaban J connectivity index is 3.16. The summed E-state index contributed by atoms with van der Waals surface area (Å²) in [6, 6.07) is 0. The van der Waals surface area contributed by atoms with Crippen molar-refractivity contribution in [1.29, 1.82) is 0 Å². The summed E-state index contributed by atoms with van der Waals surface area (Å²) in [5.41, 5.74) is 0. The van der Waals surface area contributed by atoms with Crippen molar-refractivity contribution >= 4 is 15.9 Å². The highest BCUT2D eigenvalue weighted by atomic mass is 79.9. The zero-order valence-corrected chi connectivity index (χ0v) is 8.65. The zero-order chi connectivity index (χ0) is 7.98. The van der Waals surface area contributed by atoms with Gasteiger partial charge in [-0.3, -0.25) is 0 Å². The molecule has 0 aromatic heterocycles. The summed E-state index contributed by atoms with van der Waals surface area (Å²) in [6.45, 7) is 7.39. The normalized spacial score (nSPS) is 14.1. The van der Waals surface area contributed by atoms with E-state index in [-0.39, 0.29) is 0 Å². The van der Waals surface area contributed by atoms with Crippen LogP contribution in [0.25, 0.3) is 0 Å². The van der Waals surface area contributed by atoms with Gasteiger partial charge in [0.1, 0.15) is 0 Å². The molecule has 0 aliphatic carbocycles. The summed E-state index contributed by atoms with van der Waals surface area (Å²) >= 11 is 3.32. The van der Waals surface area contributed by atoms with E-state index < -0.39 is 0 Å². The van der Waals surface area contributed by atoms with Gasteiger partial charge < -0.3 is 4.74 Å². The molecule has 10 heavy (non-hydrogen) atoms. The summed E-state index contributed by atoms with van der Waals surface area (Å²) in [6.07, 6.45) is 1.57. The molecule has 0 heterocycles. The minimum atomic E-state index is 0.414. The van der Waals surface area contributed by atoms with Crippen LogP contribution >= 0.6 is 15.9 Å². The van der Waals surface area contributed by atoms with Crippen LogP contribution in [0.15, 0.2) is 0 Å². The number of alkyl halides is 1. The molecule has 0 spiro atoms. The Kier molecular flexibility index (Phi) is 6.44. The predicted molar refractivity (Wildman–Crippen MR) is 48.7 cm³/mol. The van der Waals surface area contributed by atoms with Crippen molar-refractivity contribution in [3.8, 4) is 0 Å². The molecule has 0 aromatic carbocycles. The summed E-state index contributed by atoms with van der Waals surface area (Å²) in [5, 5.41) is 0.940. The minimum Gasteiger partial charge on any atom is -0.378 e. The fourth-order valence-corrected chi connectivity index (χ4v) is 1.16. The first-order valence-corrected chi connectivity index (χ1v) is 4.96. The lowest BCUT2D eigenvalue weighted by Gasteiger charge is -2.13. The highest BCUT2D eigenvalue weighted by molar-refractivity contribution is 9.09. The third-order valence-corrected chi connectivity index (χ3v) is 1.61. The summed E-state index contributed by atoms with van der Waals surface area (Å²) in [7, 11) is 0. The maximum atomic E-state index is 5.46. The third kappa shape index (κ3) is 6.56. The summed E-state index contributed by atoms with van der Waals surface area (Å²) in [5.74, 6) is 0.741. The molecular weight excluding hydrogens is 192 g/mol. The first-order chi connectivity index (χ1) is 4.66. The minimum absolute atomic E-state index is 0.414. The van der Waals surface area contributed by atoms with Crippen LogP contribution < -0.4 is 0 Å². The van der Waals surface area contributed by atoms with Crippen LogP contribution in [0.2, 0.25) is 0 Å². The van der Waals surface area contributed by atoms with E-state index in [0.29, 0.717) is 6.10 Å². The van der Waals surface area contributed by atoms with Gasteiger partial charge >= 0.3 is 0 Å². The molecule has 1 atom stereocenters. The molecule has 0 aliphatic rings. The van der Waals surface area contributed by atoms with Gasteiger partial charge in [0.25, 0.3) is 0 Å². The maximum absolute atomic E-state index is 5.46. The van der Waals surface area contributed by atoms with Crippen LogP contribution in [0, 0.1) is 5.92 Å². The molecule has 1 unspecified atom stereocenters. The van der Waals surface area contributed by atoms with Gasteiger partial charge in [0.15, 0.2) is 0 Å². The Morgan fingerprint density at radius 1 is 1.30 bits per heavy atom. The van der Waals surface area contributed by atoms with E-state index in [1.165, 1.54) is 0 Å². The van der Waals surface area contributed by atoms with Crippen LogP contribution in [0.4, 0.5) is 0 Å². The first kappa shape index (κ1) is 10.4. The third-order valence-electron chi connectivity index (χ3n) is 1.28. The van der Waals surface area contributed by atoms with Crippen LogP contribution in [-0.2, 0) is 4.74 Å². The van der Waals surface area contributed by atoms with Gasteiger partial charge in [0, 0.05) is 5.33 Å². The Morgan fingerprint density at radius 3 is 2.30 bits per heavy atom. The Labute approximate surface area is 72.3 Å². The van der Waals surface area contributed by atoms with Gasteiger partial charge in [-0.05, 0) is 19.3 Å². The number of hydrogen-bond donors (Lipinski definition) is 0. The molecule has 0 radical (unpaired) electrons. The van der Waals surface area contributed by atoms with Gasteiger partial charge in [-0.2, -0.15) is 0 Å². The SMILES string of the molecule is CC(C)CC(C)OCCBr. The van der Waals surface area contributed by atoms with E-state index >= 15 is 0 Å².